The van der Waals surface area contributed by atoms with Crippen LogP contribution in [0.2, 0.25) is 0 Å². The average molecular weight is 169 g/mol. The fourth-order valence-corrected chi connectivity index (χ4v) is 1.03. The molecular weight excluding hydrogens is 162 g/mol. The Hall–Kier alpha value is -1.00. The maximum Gasteiger partial charge on any atom is 0.336 e. The first-order chi connectivity index (χ1) is 5.13. The highest BCUT2D eigenvalue weighted by Crippen LogP contribution is 2.08. The number of nitrogens with two attached hydrogens (primary N) is 1. The SMILES string of the molecule is NC1C=CC=C(C(=O)O)C1=S. The first kappa shape index (κ1) is 8.10. The summed E-state index contributed by atoms with van der Waals surface area (Å²) < 4.78 is 0. The van der Waals surface area contributed by atoms with Gasteiger partial charge in [-0.1, -0.05) is 24.4 Å². The molecule has 0 aromatic rings. The quantitative estimate of drug-likeness (QED) is 0.553. The van der Waals surface area contributed by atoms with E-state index in [0.29, 0.717) is 4.86 Å². The van der Waals surface area contributed by atoms with E-state index in [1.165, 1.54) is 6.08 Å². The molecule has 0 bridgehead atoms. The van der Waals surface area contributed by atoms with Crippen molar-refractivity contribution in [3.8, 4) is 0 Å². The van der Waals surface area contributed by atoms with Gasteiger partial charge in [0, 0.05) is 0 Å². The zero-order valence-electron chi connectivity index (χ0n) is 5.65. The first-order valence-corrected chi connectivity index (χ1v) is 3.45. The maximum atomic E-state index is 10.5. The van der Waals surface area contributed by atoms with Crippen LogP contribution in [0.25, 0.3) is 0 Å². The minimum atomic E-state index is -1.02. The van der Waals surface area contributed by atoms with E-state index in [-0.39, 0.29) is 5.57 Å². The van der Waals surface area contributed by atoms with Crippen LogP contribution < -0.4 is 5.73 Å². The third kappa shape index (κ3) is 1.53. The number of hydrogen-bond donors (Lipinski definition) is 2. The lowest BCUT2D eigenvalue weighted by Gasteiger charge is -2.12. The van der Waals surface area contributed by atoms with Crippen molar-refractivity contribution in [2.75, 3.05) is 0 Å². The Kier molecular flexibility index (Phi) is 2.16. The van der Waals surface area contributed by atoms with Crippen molar-refractivity contribution in [3.63, 3.8) is 0 Å². The number of allylic oxidation sites excluding steroid dienone is 2. The molecule has 1 atom stereocenters. The number of hydrogen-bond acceptors (Lipinski definition) is 3. The van der Waals surface area contributed by atoms with Gasteiger partial charge < -0.3 is 10.8 Å². The summed E-state index contributed by atoms with van der Waals surface area (Å²) in [5.74, 6) is -1.02. The average Bonchev–Trinajstić information content (AvgIpc) is 1.94. The summed E-state index contributed by atoms with van der Waals surface area (Å²) in [6.45, 7) is 0. The third-order valence-corrected chi connectivity index (χ3v) is 1.87. The van der Waals surface area contributed by atoms with Crippen LogP contribution in [-0.2, 0) is 4.79 Å². The summed E-state index contributed by atoms with van der Waals surface area (Å²) in [5, 5.41) is 8.58. The van der Waals surface area contributed by atoms with Crippen LogP contribution in [0.15, 0.2) is 23.8 Å². The van der Waals surface area contributed by atoms with Gasteiger partial charge in [-0.2, -0.15) is 0 Å². The molecule has 58 valence electrons. The number of rotatable bonds is 1. The Morgan fingerprint density at radius 1 is 1.73 bits per heavy atom. The molecule has 3 nitrogen and oxygen atoms in total. The molecule has 1 aliphatic rings. The molecule has 0 aromatic carbocycles. The van der Waals surface area contributed by atoms with Gasteiger partial charge in [0.2, 0.25) is 0 Å². The molecule has 4 heteroatoms. The lowest BCUT2D eigenvalue weighted by Crippen LogP contribution is -2.32. The van der Waals surface area contributed by atoms with Gasteiger partial charge >= 0.3 is 5.97 Å². The molecule has 0 saturated heterocycles. The van der Waals surface area contributed by atoms with Crippen LogP contribution >= 0.6 is 12.2 Å². The molecule has 1 rings (SSSR count). The van der Waals surface area contributed by atoms with E-state index < -0.39 is 12.0 Å². The minimum Gasteiger partial charge on any atom is -0.478 e. The number of carboxylic acids is 1. The normalized spacial score (nSPS) is 23.2. The third-order valence-electron chi connectivity index (χ3n) is 1.38. The Morgan fingerprint density at radius 3 is 2.82 bits per heavy atom. The monoisotopic (exact) mass is 169 g/mol. The van der Waals surface area contributed by atoms with E-state index in [1.807, 2.05) is 0 Å². The summed E-state index contributed by atoms with van der Waals surface area (Å²) in [4.78, 5) is 10.8. The van der Waals surface area contributed by atoms with E-state index in [9.17, 15) is 4.79 Å². The zero-order valence-corrected chi connectivity index (χ0v) is 6.47. The number of aliphatic carboxylic acids is 1. The van der Waals surface area contributed by atoms with Crippen molar-refractivity contribution in [3.05, 3.63) is 23.8 Å². The highest BCUT2D eigenvalue weighted by atomic mass is 32.1. The number of carbonyl (C=O) groups is 1. The van der Waals surface area contributed by atoms with Gasteiger partial charge in [0.1, 0.15) is 0 Å². The molecule has 3 N–H and O–H groups in total. The van der Waals surface area contributed by atoms with Gasteiger partial charge in [-0.3, -0.25) is 0 Å². The summed E-state index contributed by atoms with van der Waals surface area (Å²) in [7, 11) is 0. The molecule has 0 aromatic heterocycles. The summed E-state index contributed by atoms with van der Waals surface area (Å²) in [5.41, 5.74) is 5.59. The fraction of sp³-hybridized carbons (Fsp3) is 0.143. The molecule has 0 saturated carbocycles. The Bertz CT molecular complexity index is 268. The summed E-state index contributed by atoms with van der Waals surface area (Å²) in [6, 6.07) is -0.430. The van der Waals surface area contributed by atoms with E-state index in [1.54, 1.807) is 12.2 Å². The predicted octanol–water partition coefficient (Wildman–Crippen LogP) is 0.264. The number of carboxylic acid groups (broad SMARTS) is 1. The highest BCUT2D eigenvalue weighted by Gasteiger charge is 2.19. The van der Waals surface area contributed by atoms with Crippen LogP contribution in [0, 0.1) is 0 Å². The molecule has 11 heavy (non-hydrogen) atoms. The second-order valence-electron chi connectivity index (χ2n) is 2.16. The van der Waals surface area contributed by atoms with E-state index in [0.717, 1.165) is 0 Å². The molecule has 0 amide bonds. The van der Waals surface area contributed by atoms with Gasteiger partial charge in [0.25, 0.3) is 0 Å². The van der Waals surface area contributed by atoms with Crippen LogP contribution in [0.4, 0.5) is 0 Å². The second-order valence-corrected chi connectivity index (χ2v) is 2.60. The van der Waals surface area contributed by atoms with E-state index in [2.05, 4.69) is 0 Å². The van der Waals surface area contributed by atoms with Crippen molar-refractivity contribution in [1.82, 2.24) is 0 Å². The lowest BCUT2D eigenvalue weighted by molar-refractivity contribution is -0.132. The van der Waals surface area contributed by atoms with E-state index in [4.69, 9.17) is 23.1 Å². The van der Waals surface area contributed by atoms with Gasteiger partial charge in [-0.25, -0.2) is 4.79 Å². The van der Waals surface area contributed by atoms with Gasteiger partial charge in [-0.15, -0.1) is 0 Å². The Labute approximate surface area is 69.2 Å². The fourth-order valence-electron chi connectivity index (χ4n) is 0.797. The van der Waals surface area contributed by atoms with Crippen LogP contribution in [0.5, 0.6) is 0 Å². The Balaban J connectivity index is 2.96. The highest BCUT2D eigenvalue weighted by molar-refractivity contribution is 7.81. The van der Waals surface area contributed by atoms with Crippen molar-refractivity contribution in [2.45, 2.75) is 6.04 Å². The van der Waals surface area contributed by atoms with Crippen molar-refractivity contribution >= 4 is 23.1 Å². The van der Waals surface area contributed by atoms with Crippen LogP contribution in [0.1, 0.15) is 0 Å². The molecule has 1 aliphatic carbocycles. The molecule has 0 aliphatic heterocycles. The molecule has 0 radical (unpaired) electrons. The smallest absolute Gasteiger partial charge is 0.336 e. The van der Waals surface area contributed by atoms with E-state index >= 15 is 0 Å². The topological polar surface area (TPSA) is 63.3 Å². The molecule has 0 spiro atoms. The number of thiocarbonyl (C=S) groups is 1. The zero-order chi connectivity index (χ0) is 8.43. The predicted molar refractivity (Wildman–Crippen MR) is 45.4 cm³/mol. The first-order valence-electron chi connectivity index (χ1n) is 3.04. The van der Waals surface area contributed by atoms with Gasteiger partial charge in [0.15, 0.2) is 0 Å². The van der Waals surface area contributed by atoms with Crippen molar-refractivity contribution in [2.24, 2.45) is 5.73 Å². The molecular formula is C7H7NO2S. The summed E-state index contributed by atoms with van der Waals surface area (Å²) >= 11 is 4.80. The molecule has 0 fully saturated rings. The minimum absolute atomic E-state index is 0.120. The van der Waals surface area contributed by atoms with Gasteiger partial charge in [-0.05, 0) is 6.08 Å². The van der Waals surface area contributed by atoms with Crippen LogP contribution in [-0.4, -0.2) is 22.0 Å². The van der Waals surface area contributed by atoms with Crippen molar-refractivity contribution < 1.29 is 9.90 Å². The van der Waals surface area contributed by atoms with Crippen LogP contribution in [0.3, 0.4) is 0 Å². The standard InChI is InChI=1S/C7H7NO2S/c8-5-3-1-2-4(6(5)11)7(9)10/h1-3,5H,8H2,(H,9,10). The molecule has 1 unspecified atom stereocenters. The second kappa shape index (κ2) is 2.94. The molecule has 0 heterocycles. The lowest BCUT2D eigenvalue weighted by atomic mass is 10.0. The Morgan fingerprint density at radius 2 is 2.36 bits per heavy atom. The van der Waals surface area contributed by atoms with Gasteiger partial charge in [0.05, 0.1) is 16.5 Å². The van der Waals surface area contributed by atoms with Crippen molar-refractivity contribution in [1.29, 1.82) is 0 Å². The largest absolute Gasteiger partial charge is 0.478 e. The summed E-state index contributed by atoms with van der Waals surface area (Å²) in [6.07, 6.45) is 4.72. The maximum absolute atomic E-state index is 10.5.